The summed E-state index contributed by atoms with van der Waals surface area (Å²) < 4.78 is 20.7. The highest BCUT2D eigenvalue weighted by Gasteiger charge is 2.10. The fourth-order valence-electron chi connectivity index (χ4n) is 3.09. The normalized spacial score (nSPS) is 15.0. The molecule has 8 nitrogen and oxygen atoms in total. The first-order chi connectivity index (χ1) is 14.1. The van der Waals surface area contributed by atoms with E-state index in [2.05, 4.69) is 30.7 Å². The molecule has 2 aromatic rings. The third kappa shape index (κ3) is 7.80. The number of hydrogen-bond acceptors (Lipinski definition) is 5. The number of aryl methyl sites for hydroxylation is 1. The molecule has 0 spiro atoms. The summed E-state index contributed by atoms with van der Waals surface area (Å²) in [6, 6.07) is 6.68. The Morgan fingerprint density at radius 3 is 2.67 bits per heavy atom. The number of aromatic nitrogens is 3. The topological polar surface area (TPSA) is 79.6 Å². The molecule has 0 unspecified atom stereocenters. The fraction of sp³-hybridized carbons (Fsp3) is 0.550. The average molecular weight is 531 g/mol. The molecule has 0 saturated carbocycles. The van der Waals surface area contributed by atoms with Crippen molar-refractivity contribution in [3.05, 3.63) is 47.3 Å². The summed E-state index contributed by atoms with van der Waals surface area (Å²) in [7, 11) is 1.93. The Bertz CT molecular complexity index is 808. The van der Waals surface area contributed by atoms with Crippen LogP contribution in [0.25, 0.3) is 0 Å². The fourth-order valence-corrected chi connectivity index (χ4v) is 3.09. The van der Waals surface area contributed by atoms with Gasteiger partial charge in [-0.3, -0.25) is 4.90 Å². The minimum Gasteiger partial charge on any atom is -0.379 e. The Morgan fingerprint density at radius 1 is 1.20 bits per heavy atom. The molecular formula is C20H31FIN7O. The maximum absolute atomic E-state index is 13.4. The number of ether oxygens (including phenoxy) is 1. The highest BCUT2D eigenvalue weighted by Crippen LogP contribution is 2.04. The van der Waals surface area contributed by atoms with Crippen LogP contribution in [0.3, 0.4) is 0 Å². The van der Waals surface area contributed by atoms with E-state index in [0.29, 0.717) is 19.5 Å². The van der Waals surface area contributed by atoms with Crippen LogP contribution in [0, 0.1) is 12.7 Å². The molecule has 1 aliphatic heterocycles. The number of nitrogens with zero attached hydrogens (tertiary/aromatic N) is 5. The first-order valence-corrected chi connectivity index (χ1v) is 10.0. The molecule has 0 bridgehead atoms. The zero-order chi connectivity index (χ0) is 20.5. The largest absolute Gasteiger partial charge is 0.379 e. The minimum absolute atomic E-state index is 0. The molecular weight excluding hydrogens is 500 g/mol. The number of nitrogens with one attached hydrogen (secondary N) is 2. The van der Waals surface area contributed by atoms with Crippen molar-refractivity contribution in [3.63, 3.8) is 0 Å². The zero-order valence-electron chi connectivity index (χ0n) is 17.6. The van der Waals surface area contributed by atoms with Gasteiger partial charge in [0.1, 0.15) is 18.2 Å². The smallest absolute Gasteiger partial charge is 0.191 e. The summed E-state index contributed by atoms with van der Waals surface area (Å²) in [5.74, 6) is 2.17. The molecule has 0 amide bonds. The predicted octanol–water partition coefficient (Wildman–Crippen LogP) is 1.49. The molecule has 2 heterocycles. The molecule has 10 heteroatoms. The third-order valence-electron chi connectivity index (χ3n) is 4.98. The van der Waals surface area contributed by atoms with Crippen LogP contribution >= 0.6 is 24.0 Å². The maximum Gasteiger partial charge on any atom is 0.191 e. The second kappa shape index (κ2) is 12.8. The van der Waals surface area contributed by atoms with E-state index in [1.54, 1.807) is 12.1 Å². The summed E-state index contributed by atoms with van der Waals surface area (Å²) in [4.78, 5) is 7.02. The number of hydrogen-bond donors (Lipinski definition) is 2. The van der Waals surface area contributed by atoms with Crippen molar-refractivity contribution in [1.29, 1.82) is 0 Å². The molecule has 1 aliphatic rings. The third-order valence-corrected chi connectivity index (χ3v) is 4.98. The quantitative estimate of drug-likeness (QED) is 0.306. The molecule has 2 N–H and O–H groups in total. The van der Waals surface area contributed by atoms with Gasteiger partial charge in [0.15, 0.2) is 11.8 Å². The van der Waals surface area contributed by atoms with Gasteiger partial charge in [-0.05, 0) is 31.0 Å². The predicted molar refractivity (Wildman–Crippen MR) is 126 cm³/mol. The van der Waals surface area contributed by atoms with Gasteiger partial charge in [0.2, 0.25) is 0 Å². The van der Waals surface area contributed by atoms with Crippen molar-refractivity contribution in [2.24, 2.45) is 12.0 Å². The van der Waals surface area contributed by atoms with Crippen molar-refractivity contribution >= 4 is 29.9 Å². The van der Waals surface area contributed by atoms with E-state index in [1.165, 1.54) is 6.07 Å². The van der Waals surface area contributed by atoms with Gasteiger partial charge in [-0.1, -0.05) is 12.1 Å². The van der Waals surface area contributed by atoms with E-state index in [4.69, 9.17) is 4.74 Å². The summed E-state index contributed by atoms with van der Waals surface area (Å²) in [6.07, 6.45) is 0.713. The first kappa shape index (κ1) is 24.5. The van der Waals surface area contributed by atoms with Crippen LogP contribution in [-0.4, -0.2) is 71.6 Å². The molecule has 166 valence electrons. The summed E-state index contributed by atoms with van der Waals surface area (Å²) in [5, 5.41) is 15.0. The van der Waals surface area contributed by atoms with Crippen molar-refractivity contribution in [3.8, 4) is 0 Å². The molecule has 30 heavy (non-hydrogen) atoms. The maximum atomic E-state index is 13.4. The van der Waals surface area contributed by atoms with Crippen LogP contribution in [0.15, 0.2) is 29.3 Å². The Balaban J connectivity index is 0.00000320. The van der Waals surface area contributed by atoms with Crippen LogP contribution in [0.5, 0.6) is 0 Å². The van der Waals surface area contributed by atoms with Crippen molar-refractivity contribution in [2.45, 2.75) is 19.9 Å². The number of guanidine groups is 1. The van der Waals surface area contributed by atoms with E-state index in [9.17, 15) is 4.39 Å². The second-order valence-corrected chi connectivity index (χ2v) is 7.07. The molecule has 3 rings (SSSR count). The summed E-state index contributed by atoms with van der Waals surface area (Å²) >= 11 is 0. The van der Waals surface area contributed by atoms with Gasteiger partial charge in [0, 0.05) is 39.8 Å². The number of halogens is 2. The van der Waals surface area contributed by atoms with E-state index in [-0.39, 0.29) is 29.8 Å². The Hall–Kier alpha value is -1.79. The van der Waals surface area contributed by atoms with E-state index in [0.717, 1.165) is 62.6 Å². The van der Waals surface area contributed by atoms with Crippen LogP contribution in [0.1, 0.15) is 17.2 Å². The Morgan fingerprint density at radius 2 is 1.97 bits per heavy atom. The molecule has 0 radical (unpaired) electrons. The van der Waals surface area contributed by atoms with Crippen LogP contribution < -0.4 is 10.6 Å². The number of morpholine rings is 1. The molecule has 1 fully saturated rings. The Labute approximate surface area is 194 Å². The first-order valence-electron chi connectivity index (χ1n) is 10.0. The lowest BCUT2D eigenvalue weighted by Gasteiger charge is -2.26. The monoisotopic (exact) mass is 531 g/mol. The lowest BCUT2D eigenvalue weighted by Crippen LogP contribution is -2.44. The zero-order valence-corrected chi connectivity index (χ0v) is 19.9. The van der Waals surface area contributed by atoms with Crippen LogP contribution in [0.4, 0.5) is 4.39 Å². The average Bonchev–Trinajstić information content (AvgIpc) is 3.04. The molecule has 1 aromatic carbocycles. The highest BCUT2D eigenvalue weighted by molar-refractivity contribution is 14.0. The van der Waals surface area contributed by atoms with Gasteiger partial charge in [0.25, 0.3) is 0 Å². The molecule has 1 aromatic heterocycles. The highest BCUT2D eigenvalue weighted by atomic mass is 127. The molecule has 0 aliphatic carbocycles. The van der Waals surface area contributed by atoms with Crippen molar-refractivity contribution in [1.82, 2.24) is 30.3 Å². The van der Waals surface area contributed by atoms with Gasteiger partial charge in [-0.15, -0.1) is 34.2 Å². The number of aliphatic imine (C=N–C) groups is 1. The molecule has 0 atom stereocenters. The van der Waals surface area contributed by atoms with E-state index in [1.807, 2.05) is 24.6 Å². The lowest BCUT2D eigenvalue weighted by atomic mass is 10.1. The second-order valence-electron chi connectivity index (χ2n) is 7.07. The van der Waals surface area contributed by atoms with Crippen LogP contribution in [-0.2, 0) is 24.8 Å². The summed E-state index contributed by atoms with van der Waals surface area (Å²) in [5.41, 5.74) is 0.953. The van der Waals surface area contributed by atoms with Gasteiger partial charge in [-0.25, -0.2) is 9.38 Å². The summed E-state index contributed by atoms with van der Waals surface area (Å²) in [6.45, 7) is 8.21. The standard InChI is InChI=1S/C20H30FN7O.HI/c1-16-25-26-19(27(16)2)15-24-20(23-8-9-28-10-12-29-13-11-28)22-7-6-17-4-3-5-18(21)14-17;/h3-5,14H,6-13,15H2,1-2H3,(H2,22,23,24);1H. The van der Waals surface area contributed by atoms with Gasteiger partial charge < -0.3 is 19.9 Å². The van der Waals surface area contributed by atoms with Crippen molar-refractivity contribution in [2.75, 3.05) is 45.9 Å². The van der Waals surface area contributed by atoms with Crippen LogP contribution in [0.2, 0.25) is 0 Å². The lowest BCUT2D eigenvalue weighted by molar-refractivity contribution is 0.0389. The van der Waals surface area contributed by atoms with E-state index < -0.39 is 0 Å². The minimum atomic E-state index is -0.210. The SMILES string of the molecule is Cc1nnc(CN=C(NCCc2cccc(F)c2)NCCN2CCOCC2)n1C.I. The molecule has 1 saturated heterocycles. The number of benzene rings is 1. The number of rotatable bonds is 8. The Kier molecular flexibility index (Phi) is 10.4. The van der Waals surface area contributed by atoms with E-state index >= 15 is 0 Å². The van der Waals surface area contributed by atoms with Gasteiger partial charge in [-0.2, -0.15) is 0 Å². The van der Waals surface area contributed by atoms with Crippen molar-refractivity contribution < 1.29 is 9.13 Å². The van der Waals surface area contributed by atoms with Gasteiger partial charge >= 0.3 is 0 Å². The van der Waals surface area contributed by atoms with Gasteiger partial charge in [0.05, 0.1) is 13.2 Å².